The number of hydrogen-bond donors (Lipinski definition) is 3. The number of amides is 1. The van der Waals surface area contributed by atoms with E-state index in [9.17, 15) is 18.0 Å². The zero-order valence-electron chi connectivity index (χ0n) is 18.3. The molecular formula is C22H27F3IN5O2. The molecule has 1 amide bonds. The summed E-state index contributed by atoms with van der Waals surface area (Å²) in [7, 11) is 1.64. The van der Waals surface area contributed by atoms with E-state index in [1.165, 1.54) is 0 Å². The fourth-order valence-electron chi connectivity index (χ4n) is 3.46. The molecule has 1 saturated heterocycles. The monoisotopic (exact) mass is 577 g/mol. The fraction of sp³-hybridized carbons (Fsp3) is 0.364. The first-order valence-electron chi connectivity index (χ1n) is 10.3. The Morgan fingerprint density at radius 2 is 1.94 bits per heavy atom. The third kappa shape index (κ3) is 6.89. The van der Waals surface area contributed by atoms with Gasteiger partial charge >= 0.3 is 0 Å². The van der Waals surface area contributed by atoms with Crippen LogP contribution in [0.4, 0.5) is 24.5 Å². The summed E-state index contributed by atoms with van der Waals surface area (Å²) in [6.45, 7) is 3.69. The van der Waals surface area contributed by atoms with Crippen molar-refractivity contribution in [2.45, 2.75) is 19.4 Å². The second kappa shape index (κ2) is 12.5. The number of rotatable bonds is 7. The Balaban J connectivity index is 0.00000385. The lowest BCUT2D eigenvalue weighted by molar-refractivity contribution is -0.114. The number of hydrogen-bond acceptors (Lipinski definition) is 4. The van der Waals surface area contributed by atoms with E-state index in [-0.39, 0.29) is 36.6 Å². The Hall–Kier alpha value is -2.70. The number of nitrogens with zero attached hydrogens (tertiary/aromatic N) is 2. The Kier molecular flexibility index (Phi) is 10.1. The summed E-state index contributed by atoms with van der Waals surface area (Å²) in [4.78, 5) is 18.6. The molecular weight excluding hydrogens is 550 g/mol. The van der Waals surface area contributed by atoms with Crippen LogP contribution in [0, 0.1) is 17.5 Å². The van der Waals surface area contributed by atoms with Gasteiger partial charge in [-0.2, -0.15) is 0 Å². The molecule has 0 bridgehead atoms. The molecule has 2 aromatic carbocycles. The summed E-state index contributed by atoms with van der Waals surface area (Å²) in [5.74, 6) is -3.84. The number of carbonyl (C=O) groups excluding carboxylic acids is 1. The van der Waals surface area contributed by atoms with Crippen LogP contribution < -0.4 is 25.6 Å². The minimum atomic E-state index is -1.64. The summed E-state index contributed by atoms with van der Waals surface area (Å²) < 4.78 is 45.5. The third-order valence-corrected chi connectivity index (χ3v) is 4.99. The molecule has 1 unspecified atom stereocenters. The van der Waals surface area contributed by atoms with Gasteiger partial charge in [0.05, 0.1) is 18.5 Å². The lowest BCUT2D eigenvalue weighted by Gasteiger charge is -2.22. The summed E-state index contributed by atoms with van der Waals surface area (Å²) in [6, 6.07) is 9.59. The molecule has 33 heavy (non-hydrogen) atoms. The predicted molar refractivity (Wildman–Crippen MR) is 133 cm³/mol. The number of anilines is 2. The Morgan fingerprint density at radius 1 is 1.18 bits per heavy atom. The fourth-order valence-corrected chi connectivity index (χ4v) is 3.46. The van der Waals surface area contributed by atoms with E-state index in [1.807, 2.05) is 31.2 Å². The highest BCUT2D eigenvalue weighted by Crippen LogP contribution is 2.30. The van der Waals surface area contributed by atoms with E-state index in [0.29, 0.717) is 12.5 Å². The Labute approximate surface area is 207 Å². The number of methoxy groups -OCH3 is 1. The number of carbonyl (C=O) groups is 1. The number of benzene rings is 2. The van der Waals surface area contributed by atoms with Gasteiger partial charge in [0, 0.05) is 25.7 Å². The minimum absolute atomic E-state index is 0. The topological polar surface area (TPSA) is 78.0 Å². The van der Waals surface area contributed by atoms with E-state index < -0.39 is 29.0 Å². The molecule has 0 aliphatic carbocycles. The molecule has 3 N–H and O–H groups in total. The first-order chi connectivity index (χ1) is 15.4. The second-order valence-electron chi connectivity index (χ2n) is 7.21. The molecule has 3 rings (SSSR count). The van der Waals surface area contributed by atoms with Gasteiger partial charge in [0.1, 0.15) is 12.3 Å². The number of aliphatic imine (C=N–C) groups is 1. The molecule has 1 heterocycles. The van der Waals surface area contributed by atoms with Gasteiger partial charge in [-0.25, -0.2) is 18.2 Å². The number of nitrogens with one attached hydrogen (secondary N) is 3. The normalized spacial score (nSPS) is 15.6. The van der Waals surface area contributed by atoms with Crippen LogP contribution in [-0.2, 0) is 4.79 Å². The molecule has 7 nitrogen and oxygen atoms in total. The van der Waals surface area contributed by atoms with E-state index in [4.69, 9.17) is 4.74 Å². The Morgan fingerprint density at radius 3 is 2.67 bits per heavy atom. The maximum absolute atomic E-state index is 13.7. The van der Waals surface area contributed by atoms with E-state index in [0.717, 1.165) is 43.1 Å². The van der Waals surface area contributed by atoms with Gasteiger partial charge in [0.25, 0.3) is 0 Å². The number of guanidine groups is 1. The average molecular weight is 577 g/mol. The van der Waals surface area contributed by atoms with Crippen molar-refractivity contribution in [3.63, 3.8) is 0 Å². The van der Waals surface area contributed by atoms with Gasteiger partial charge in [-0.15, -0.1) is 24.0 Å². The van der Waals surface area contributed by atoms with Gasteiger partial charge in [-0.05, 0) is 37.6 Å². The summed E-state index contributed by atoms with van der Waals surface area (Å²) >= 11 is 0. The van der Waals surface area contributed by atoms with Gasteiger partial charge in [-0.1, -0.05) is 12.1 Å². The van der Waals surface area contributed by atoms with Crippen molar-refractivity contribution in [1.29, 1.82) is 0 Å². The Bertz CT molecular complexity index is 992. The van der Waals surface area contributed by atoms with Gasteiger partial charge in [-0.3, -0.25) is 4.79 Å². The van der Waals surface area contributed by atoms with Gasteiger partial charge in [0.2, 0.25) is 5.91 Å². The zero-order valence-corrected chi connectivity index (χ0v) is 20.7. The SMILES string of the molecule is CCNC(=NCC(=O)Nc1ccc(F)c(F)c1F)NC1CCN(c2ccccc2OC)C1.I. The molecule has 11 heteroatoms. The van der Waals surface area contributed by atoms with Crippen LogP contribution in [0.25, 0.3) is 0 Å². The van der Waals surface area contributed by atoms with Crippen LogP contribution in [0.2, 0.25) is 0 Å². The predicted octanol–water partition coefficient (Wildman–Crippen LogP) is 3.50. The lowest BCUT2D eigenvalue weighted by atomic mass is 10.2. The first-order valence-corrected chi connectivity index (χ1v) is 10.3. The van der Waals surface area contributed by atoms with Crippen LogP contribution in [0.5, 0.6) is 5.75 Å². The molecule has 0 aromatic heterocycles. The highest BCUT2D eigenvalue weighted by atomic mass is 127. The second-order valence-corrected chi connectivity index (χ2v) is 7.21. The molecule has 0 radical (unpaired) electrons. The number of ether oxygens (including phenoxy) is 1. The van der Waals surface area contributed by atoms with E-state index >= 15 is 0 Å². The van der Waals surface area contributed by atoms with E-state index in [2.05, 4.69) is 25.8 Å². The van der Waals surface area contributed by atoms with Crippen molar-refractivity contribution in [2.75, 3.05) is 43.5 Å². The van der Waals surface area contributed by atoms with Gasteiger partial charge < -0.3 is 25.6 Å². The van der Waals surface area contributed by atoms with Crippen molar-refractivity contribution in [3.8, 4) is 5.75 Å². The third-order valence-electron chi connectivity index (χ3n) is 4.99. The molecule has 1 aliphatic rings. The number of para-hydroxylation sites is 2. The number of halogens is 4. The largest absolute Gasteiger partial charge is 0.495 e. The van der Waals surface area contributed by atoms with Crippen molar-refractivity contribution < 1.29 is 22.7 Å². The van der Waals surface area contributed by atoms with Crippen LogP contribution in [0.3, 0.4) is 0 Å². The lowest BCUT2D eigenvalue weighted by Crippen LogP contribution is -2.45. The van der Waals surface area contributed by atoms with Crippen molar-refractivity contribution in [3.05, 3.63) is 53.8 Å². The average Bonchev–Trinajstić information content (AvgIpc) is 3.26. The summed E-state index contributed by atoms with van der Waals surface area (Å²) in [6.07, 6.45) is 0.856. The van der Waals surface area contributed by atoms with E-state index in [1.54, 1.807) is 7.11 Å². The molecule has 2 aromatic rings. The molecule has 1 atom stereocenters. The zero-order chi connectivity index (χ0) is 23.1. The molecule has 1 fully saturated rings. The highest BCUT2D eigenvalue weighted by molar-refractivity contribution is 14.0. The van der Waals surface area contributed by atoms with Gasteiger partial charge in [0.15, 0.2) is 23.4 Å². The van der Waals surface area contributed by atoms with Crippen LogP contribution >= 0.6 is 24.0 Å². The molecule has 1 aliphatic heterocycles. The quantitative estimate of drug-likeness (QED) is 0.203. The van der Waals surface area contributed by atoms with Crippen molar-refractivity contribution in [2.24, 2.45) is 4.99 Å². The maximum Gasteiger partial charge on any atom is 0.246 e. The van der Waals surface area contributed by atoms with Crippen LogP contribution in [0.1, 0.15) is 13.3 Å². The minimum Gasteiger partial charge on any atom is -0.495 e. The highest BCUT2D eigenvalue weighted by Gasteiger charge is 2.25. The molecule has 0 saturated carbocycles. The maximum atomic E-state index is 13.7. The van der Waals surface area contributed by atoms with Crippen LogP contribution in [0.15, 0.2) is 41.4 Å². The molecule has 180 valence electrons. The van der Waals surface area contributed by atoms with Crippen molar-refractivity contribution >= 4 is 47.2 Å². The van der Waals surface area contributed by atoms with Crippen LogP contribution in [-0.4, -0.2) is 51.2 Å². The smallest absolute Gasteiger partial charge is 0.246 e. The summed E-state index contributed by atoms with van der Waals surface area (Å²) in [5.41, 5.74) is 0.569. The van der Waals surface area contributed by atoms with Crippen molar-refractivity contribution in [1.82, 2.24) is 10.6 Å². The molecule has 0 spiro atoms. The standard InChI is InChI=1S/C22H26F3N5O2.HI/c1-3-26-22(27-12-19(31)29-16-9-8-15(23)20(24)21(16)25)28-14-10-11-30(13-14)17-6-4-5-7-18(17)32-2;/h4-9,14H,3,10-13H2,1-2H3,(H,29,31)(H2,26,27,28);1H. The first kappa shape index (κ1) is 26.6. The summed E-state index contributed by atoms with van der Waals surface area (Å²) in [5, 5.41) is 8.57.